The smallest absolute Gasteiger partial charge is 0.232 e. The molecule has 1 fully saturated rings. The largest absolute Gasteiger partial charge is 0.378 e. The number of hydrogen-bond donors (Lipinski definition) is 1. The molecule has 0 bridgehead atoms. The van der Waals surface area contributed by atoms with E-state index < -0.39 is 0 Å². The Balaban J connectivity index is 2.18. The maximum atomic E-state index is 11.7. The molecule has 2 amide bonds. The van der Waals surface area contributed by atoms with Crippen molar-refractivity contribution in [3.05, 3.63) is 0 Å². The van der Waals surface area contributed by atoms with Gasteiger partial charge in [-0.2, -0.15) is 0 Å². The number of nitrogens with zero attached hydrogens (tertiary/aromatic N) is 1. The predicted octanol–water partition coefficient (Wildman–Crippen LogP) is 0.398. The second kappa shape index (κ2) is 7.27. The Hall–Kier alpha value is -1.10. The summed E-state index contributed by atoms with van der Waals surface area (Å²) >= 11 is 0. The van der Waals surface area contributed by atoms with Crippen LogP contribution in [-0.4, -0.2) is 49.6 Å². The van der Waals surface area contributed by atoms with Crippen molar-refractivity contribution in [3.8, 4) is 0 Å². The average Bonchev–Trinajstić information content (AvgIpc) is 2.29. The summed E-state index contributed by atoms with van der Waals surface area (Å²) in [5.41, 5.74) is 0. The molecule has 5 heteroatoms. The van der Waals surface area contributed by atoms with Gasteiger partial charge in [-0.15, -0.1) is 0 Å². The van der Waals surface area contributed by atoms with E-state index in [0.717, 1.165) is 6.42 Å². The van der Waals surface area contributed by atoms with Crippen molar-refractivity contribution in [2.24, 2.45) is 5.92 Å². The molecule has 1 rings (SSSR count). The van der Waals surface area contributed by atoms with Crippen molar-refractivity contribution in [3.63, 3.8) is 0 Å². The fourth-order valence-corrected chi connectivity index (χ4v) is 1.62. The molecular weight excluding hydrogens is 220 g/mol. The molecule has 0 unspecified atom stereocenters. The normalized spacial score (nSPS) is 16.1. The van der Waals surface area contributed by atoms with E-state index in [2.05, 4.69) is 19.2 Å². The highest BCUT2D eigenvalue weighted by Crippen LogP contribution is 2.01. The van der Waals surface area contributed by atoms with Gasteiger partial charge in [0, 0.05) is 19.6 Å². The first kappa shape index (κ1) is 14.0. The molecule has 0 aliphatic carbocycles. The Morgan fingerprint density at radius 2 is 1.94 bits per heavy atom. The van der Waals surface area contributed by atoms with Gasteiger partial charge < -0.3 is 15.0 Å². The monoisotopic (exact) mass is 242 g/mol. The van der Waals surface area contributed by atoms with Crippen LogP contribution < -0.4 is 5.32 Å². The molecule has 17 heavy (non-hydrogen) atoms. The number of rotatable bonds is 5. The van der Waals surface area contributed by atoms with Gasteiger partial charge in [0.25, 0.3) is 0 Å². The second-order valence-electron chi connectivity index (χ2n) is 4.70. The molecule has 0 aromatic carbocycles. The number of hydrogen-bond acceptors (Lipinski definition) is 3. The molecule has 5 nitrogen and oxygen atoms in total. The lowest BCUT2D eigenvalue weighted by atomic mass is 10.1. The molecule has 98 valence electrons. The van der Waals surface area contributed by atoms with E-state index >= 15 is 0 Å². The van der Waals surface area contributed by atoms with Crippen molar-refractivity contribution in [1.29, 1.82) is 0 Å². The highest BCUT2D eigenvalue weighted by Gasteiger charge is 2.19. The molecule has 0 atom stereocenters. The Labute approximate surface area is 102 Å². The van der Waals surface area contributed by atoms with Crippen molar-refractivity contribution < 1.29 is 14.3 Å². The van der Waals surface area contributed by atoms with Crippen LogP contribution in [-0.2, 0) is 14.3 Å². The van der Waals surface area contributed by atoms with Gasteiger partial charge in [-0.25, -0.2) is 0 Å². The van der Waals surface area contributed by atoms with Crippen LogP contribution in [0.15, 0.2) is 0 Å². The third kappa shape index (κ3) is 5.68. The fraction of sp³-hybridized carbons (Fsp3) is 0.833. The summed E-state index contributed by atoms with van der Waals surface area (Å²) in [7, 11) is 0. The number of amides is 2. The minimum absolute atomic E-state index is 0.0436. The fourth-order valence-electron chi connectivity index (χ4n) is 1.62. The highest BCUT2D eigenvalue weighted by atomic mass is 16.5. The van der Waals surface area contributed by atoms with Gasteiger partial charge >= 0.3 is 0 Å². The first-order chi connectivity index (χ1) is 8.09. The van der Waals surface area contributed by atoms with E-state index in [-0.39, 0.29) is 18.2 Å². The van der Waals surface area contributed by atoms with Crippen molar-refractivity contribution in [1.82, 2.24) is 10.2 Å². The Bertz CT molecular complexity index is 260. The summed E-state index contributed by atoms with van der Waals surface area (Å²) in [6.45, 7) is 7.18. The third-order valence-electron chi connectivity index (χ3n) is 2.72. The summed E-state index contributed by atoms with van der Waals surface area (Å²) in [6.07, 6.45) is 0.898. The van der Waals surface area contributed by atoms with Crippen LogP contribution in [0.5, 0.6) is 0 Å². The van der Waals surface area contributed by atoms with Crippen LogP contribution in [0.2, 0.25) is 0 Å². The van der Waals surface area contributed by atoms with Gasteiger partial charge in [-0.05, 0) is 12.3 Å². The molecule has 1 saturated heterocycles. The number of carbonyl (C=O) groups is 2. The number of ether oxygens (including phenoxy) is 1. The highest BCUT2D eigenvalue weighted by molar-refractivity contribution is 5.96. The lowest BCUT2D eigenvalue weighted by molar-refractivity contribution is -0.139. The van der Waals surface area contributed by atoms with E-state index in [9.17, 15) is 9.59 Å². The molecule has 0 spiro atoms. The van der Waals surface area contributed by atoms with Gasteiger partial charge in [-0.1, -0.05) is 13.8 Å². The lowest BCUT2D eigenvalue weighted by Crippen LogP contribution is -2.42. The number of morpholine rings is 1. The standard InChI is InChI=1S/C12H22N2O3/c1-10(2)3-4-13-11(15)9-12(16)14-5-7-17-8-6-14/h10H,3-9H2,1-2H3,(H,13,15). The van der Waals surface area contributed by atoms with Crippen LogP contribution >= 0.6 is 0 Å². The predicted molar refractivity (Wildman–Crippen MR) is 64.5 cm³/mol. The molecule has 1 aliphatic heterocycles. The Morgan fingerprint density at radius 1 is 1.29 bits per heavy atom. The zero-order valence-electron chi connectivity index (χ0n) is 10.7. The van der Waals surface area contributed by atoms with Gasteiger partial charge in [0.2, 0.25) is 11.8 Å². The van der Waals surface area contributed by atoms with E-state index in [1.165, 1.54) is 0 Å². The van der Waals surface area contributed by atoms with E-state index in [0.29, 0.717) is 38.8 Å². The minimum atomic E-state index is -0.179. The summed E-state index contributed by atoms with van der Waals surface area (Å²) in [6, 6.07) is 0. The van der Waals surface area contributed by atoms with Gasteiger partial charge in [0.1, 0.15) is 6.42 Å². The zero-order valence-corrected chi connectivity index (χ0v) is 10.7. The third-order valence-corrected chi connectivity index (χ3v) is 2.72. The van der Waals surface area contributed by atoms with Gasteiger partial charge in [0.15, 0.2) is 0 Å². The lowest BCUT2D eigenvalue weighted by Gasteiger charge is -2.26. The number of nitrogens with one attached hydrogen (secondary N) is 1. The van der Waals surface area contributed by atoms with Crippen LogP contribution in [0.25, 0.3) is 0 Å². The Morgan fingerprint density at radius 3 is 2.53 bits per heavy atom. The van der Waals surface area contributed by atoms with Crippen molar-refractivity contribution in [2.75, 3.05) is 32.8 Å². The second-order valence-corrected chi connectivity index (χ2v) is 4.70. The van der Waals surface area contributed by atoms with Gasteiger partial charge in [0.05, 0.1) is 13.2 Å². The molecule has 0 aromatic rings. The molecule has 0 saturated carbocycles. The minimum Gasteiger partial charge on any atom is -0.378 e. The SMILES string of the molecule is CC(C)CCNC(=O)CC(=O)N1CCOCC1. The molecule has 1 heterocycles. The van der Waals surface area contributed by atoms with Crippen molar-refractivity contribution >= 4 is 11.8 Å². The van der Waals surface area contributed by atoms with E-state index in [4.69, 9.17) is 4.74 Å². The molecule has 1 N–H and O–H groups in total. The van der Waals surface area contributed by atoms with Gasteiger partial charge in [-0.3, -0.25) is 9.59 Å². The first-order valence-electron chi connectivity index (χ1n) is 6.22. The van der Waals surface area contributed by atoms with E-state index in [1.807, 2.05) is 0 Å². The maximum Gasteiger partial charge on any atom is 0.232 e. The summed E-state index contributed by atoms with van der Waals surface area (Å²) < 4.78 is 5.15. The maximum absolute atomic E-state index is 11.7. The molecule has 1 aliphatic rings. The molecular formula is C12H22N2O3. The van der Waals surface area contributed by atoms with Crippen LogP contribution in [0.1, 0.15) is 26.7 Å². The van der Waals surface area contributed by atoms with Crippen LogP contribution in [0.3, 0.4) is 0 Å². The average molecular weight is 242 g/mol. The molecule has 0 aromatic heterocycles. The number of carbonyl (C=O) groups excluding carboxylic acids is 2. The quantitative estimate of drug-likeness (QED) is 0.710. The van der Waals surface area contributed by atoms with Crippen LogP contribution in [0.4, 0.5) is 0 Å². The zero-order chi connectivity index (χ0) is 12.7. The Kier molecular flexibility index (Phi) is 5.97. The van der Waals surface area contributed by atoms with Crippen LogP contribution in [0, 0.1) is 5.92 Å². The summed E-state index contributed by atoms with van der Waals surface area (Å²) in [5, 5.41) is 2.77. The first-order valence-corrected chi connectivity index (χ1v) is 6.22. The topological polar surface area (TPSA) is 58.6 Å². The summed E-state index contributed by atoms with van der Waals surface area (Å²) in [4.78, 5) is 24.9. The molecule has 0 radical (unpaired) electrons. The van der Waals surface area contributed by atoms with E-state index in [1.54, 1.807) is 4.90 Å². The van der Waals surface area contributed by atoms with Crippen molar-refractivity contribution in [2.45, 2.75) is 26.7 Å². The summed E-state index contributed by atoms with van der Waals surface area (Å²) in [5.74, 6) is 0.280.